The molecular weight excluding hydrogens is 384 g/mol. The van der Waals surface area contributed by atoms with Crippen LogP contribution in [-0.4, -0.2) is 50.7 Å². The minimum atomic E-state index is -3.52. The van der Waals surface area contributed by atoms with E-state index in [-0.39, 0.29) is 23.0 Å². The Balaban J connectivity index is 1.65. The van der Waals surface area contributed by atoms with Gasteiger partial charge in [0.15, 0.2) is 0 Å². The summed E-state index contributed by atoms with van der Waals surface area (Å²) in [4.78, 5) is 24.8. The van der Waals surface area contributed by atoms with Gasteiger partial charge in [-0.2, -0.15) is 0 Å². The van der Waals surface area contributed by atoms with Crippen LogP contribution in [0.1, 0.15) is 5.56 Å². The molecule has 0 saturated heterocycles. The van der Waals surface area contributed by atoms with E-state index in [0.29, 0.717) is 18.7 Å². The summed E-state index contributed by atoms with van der Waals surface area (Å²) >= 11 is 0. The van der Waals surface area contributed by atoms with Crippen LogP contribution in [0, 0.1) is 10.1 Å². The number of benzene rings is 2. The third-order valence-corrected chi connectivity index (χ3v) is 6.35. The van der Waals surface area contributed by atoms with Crippen molar-refractivity contribution in [3.8, 4) is 0 Å². The summed E-state index contributed by atoms with van der Waals surface area (Å²) in [5.41, 5.74) is 2.19. The normalized spacial score (nSPS) is 13.5. The van der Waals surface area contributed by atoms with Gasteiger partial charge in [0.2, 0.25) is 15.9 Å². The highest BCUT2D eigenvalue weighted by atomic mass is 32.2. The van der Waals surface area contributed by atoms with Crippen molar-refractivity contribution in [3.63, 3.8) is 0 Å². The lowest BCUT2D eigenvalue weighted by atomic mass is 10.1. The first-order chi connectivity index (χ1) is 13.2. The Morgan fingerprint density at radius 3 is 2.50 bits per heavy atom. The molecule has 0 aromatic heterocycles. The number of amides is 1. The summed E-state index contributed by atoms with van der Waals surface area (Å²) in [6.07, 6.45) is 0.640. The number of fused-ring (bicyclic) bond motifs is 1. The number of hydrogen-bond donors (Lipinski definition) is 1. The average Bonchev–Trinajstić information content (AvgIpc) is 3.04. The molecule has 9 nitrogen and oxygen atoms in total. The van der Waals surface area contributed by atoms with E-state index in [2.05, 4.69) is 5.32 Å². The molecule has 0 aliphatic carbocycles. The molecule has 0 unspecified atom stereocenters. The lowest BCUT2D eigenvalue weighted by molar-refractivity contribution is -0.384. The van der Waals surface area contributed by atoms with Gasteiger partial charge < -0.3 is 10.2 Å². The molecule has 0 spiro atoms. The maximum atomic E-state index is 12.4. The Morgan fingerprint density at radius 1 is 1.21 bits per heavy atom. The smallest absolute Gasteiger partial charge is 0.269 e. The van der Waals surface area contributed by atoms with E-state index < -0.39 is 14.9 Å². The first kappa shape index (κ1) is 19.8. The average molecular weight is 404 g/mol. The van der Waals surface area contributed by atoms with E-state index >= 15 is 0 Å². The second-order valence-electron chi connectivity index (χ2n) is 6.60. The molecule has 148 valence electrons. The van der Waals surface area contributed by atoms with Crippen molar-refractivity contribution >= 4 is 33.0 Å². The van der Waals surface area contributed by atoms with Gasteiger partial charge in [-0.15, -0.1) is 0 Å². The van der Waals surface area contributed by atoms with Crippen LogP contribution in [0.25, 0.3) is 0 Å². The van der Waals surface area contributed by atoms with Gasteiger partial charge >= 0.3 is 0 Å². The number of non-ortho nitro benzene ring substituents is 1. The number of nitro benzene ring substituents is 1. The number of carbonyl (C=O) groups excluding carboxylic acids is 1. The highest BCUT2D eigenvalue weighted by Gasteiger charge is 2.23. The van der Waals surface area contributed by atoms with Crippen molar-refractivity contribution in [1.82, 2.24) is 4.31 Å². The van der Waals surface area contributed by atoms with E-state index in [0.717, 1.165) is 15.6 Å². The third-order valence-electron chi connectivity index (χ3n) is 4.52. The van der Waals surface area contributed by atoms with Crippen LogP contribution in [0.2, 0.25) is 0 Å². The number of nitro groups is 1. The fourth-order valence-corrected chi connectivity index (χ4v) is 3.93. The fourth-order valence-electron chi connectivity index (χ4n) is 3.03. The predicted molar refractivity (Wildman–Crippen MR) is 105 cm³/mol. The summed E-state index contributed by atoms with van der Waals surface area (Å²) in [6.45, 7) is 0.701. The van der Waals surface area contributed by atoms with Crippen molar-refractivity contribution in [2.24, 2.45) is 0 Å². The molecule has 2 aromatic rings. The molecule has 3 rings (SSSR count). The second kappa shape index (κ2) is 7.56. The lowest BCUT2D eigenvalue weighted by Crippen LogP contribution is -2.31. The highest BCUT2D eigenvalue weighted by molar-refractivity contribution is 7.89. The second-order valence-corrected chi connectivity index (χ2v) is 8.75. The van der Waals surface area contributed by atoms with Crippen LogP contribution in [0.4, 0.5) is 17.1 Å². The van der Waals surface area contributed by atoms with Gasteiger partial charge in [-0.25, -0.2) is 12.7 Å². The molecule has 0 radical (unpaired) electrons. The van der Waals surface area contributed by atoms with E-state index in [4.69, 9.17) is 0 Å². The molecule has 2 aromatic carbocycles. The molecule has 1 heterocycles. The zero-order chi connectivity index (χ0) is 20.5. The summed E-state index contributed by atoms with van der Waals surface area (Å²) in [5.74, 6) is -0.255. The molecule has 1 aliphatic rings. The number of carbonyl (C=O) groups is 1. The molecule has 28 heavy (non-hydrogen) atoms. The zero-order valence-electron chi connectivity index (χ0n) is 15.5. The Bertz CT molecular complexity index is 1020. The van der Waals surface area contributed by atoms with Crippen LogP contribution in [-0.2, 0) is 21.2 Å². The van der Waals surface area contributed by atoms with Crippen LogP contribution >= 0.6 is 0 Å². The third kappa shape index (κ3) is 3.97. The van der Waals surface area contributed by atoms with Gasteiger partial charge in [0.1, 0.15) is 0 Å². The minimum Gasteiger partial charge on any atom is -0.362 e. The number of nitrogens with one attached hydrogen (secondary N) is 1. The van der Waals surface area contributed by atoms with Gasteiger partial charge in [-0.3, -0.25) is 14.9 Å². The van der Waals surface area contributed by atoms with E-state index in [9.17, 15) is 23.3 Å². The molecule has 1 amide bonds. The van der Waals surface area contributed by atoms with Gasteiger partial charge in [0.05, 0.1) is 16.4 Å². The molecular formula is C18H20N4O5S. The maximum absolute atomic E-state index is 12.4. The van der Waals surface area contributed by atoms with Crippen molar-refractivity contribution in [2.75, 3.05) is 37.4 Å². The van der Waals surface area contributed by atoms with Crippen molar-refractivity contribution in [2.45, 2.75) is 11.3 Å². The van der Waals surface area contributed by atoms with E-state index in [1.165, 1.54) is 50.5 Å². The topological polar surface area (TPSA) is 113 Å². The number of hydrogen-bond acceptors (Lipinski definition) is 6. The first-order valence-electron chi connectivity index (χ1n) is 8.53. The van der Waals surface area contributed by atoms with Crippen molar-refractivity contribution in [3.05, 3.63) is 58.1 Å². The van der Waals surface area contributed by atoms with Gasteiger partial charge in [-0.1, -0.05) is 0 Å². The Hall–Kier alpha value is -2.98. The fraction of sp³-hybridized carbons (Fsp3) is 0.278. The van der Waals surface area contributed by atoms with Crippen molar-refractivity contribution in [1.29, 1.82) is 0 Å². The lowest BCUT2D eigenvalue weighted by Gasteiger charge is -2.19. The number of rotatable bonds is 6. The number of anilines is 2. The van der Waals surface area contributed by atoms with Crippen molar-refractivity contribution < 1.29 is 18.1 Å². The summed E-state index contributed by atoms with van der Waals surface area (Å²) in [5, 5.41) is 13.6. The minimum absolute atomic E-state index is 0.0396. The molecule has 0 fully saturated rings. The molecule has 1 N–H and O–H groups in total. The number of nitrogens with zero attached hydrogens (tertiary/aromatic N) is 3. The summed E-state index contributed by atoms with van der Waals surface area (Å²) in [6, 6.07) is 10.6. The molecule has 0 bridgehead atoms. The van der Waals surface area contributed by atoms with Crippen LogP contribution < -0.4 is 10.2 Å². The van der Waals surface area contributed by atoms with Crippen LogP contribution in [0.3, 0.4) is 0 Å². The predicted octanol–water partition coefficient (Wildman–Crippen LogP) is 1.85. The molecule has 0 atom stereocenters. The summed E-state index contributed by atoms with van der Waals surface area (Å²) in [7, 11) is -0.616. The summed E-state index contributed by atoms with van der Waals surface area (Å²) < 4.78 is 25.3. The van der Waals surface area contributed by atoms with Gasteiger partial charge in [0.25, 0.3) is 5.69 Å². The van der Waals surface area contributed by atoms with Crippen LogP contribution in [0.15, 0.2) is 47.4 Å². The monoisotopic (exact) mass is 404 g/mol. The largest absolute Gasteiger partial charge is 0.362 e. The molecule has 0 saturated carbocycles. The Morgan fingerprint density at radius 2 is 1.89 bits per heavy atom. The number of sulfonamides is 1. The molecule has 10 heteroatoms. The van der Waals surface area contributed by atoms with Gasteiger partial charge in [0, 0.05) is 44.1 Å². The standard InChI is InChI=1S/C18H20N4O5S/c1-20(2)28(26,27)16-6-3-14(4-7-16)19-18(23)12-21-10-9-13-11-15(22(24)25)5-8-17(13)21/h3-8,11H,9-10,12H2,1-2H3,(H,19,23). The Kier molecular flexibility index (Phi) is 5.34. The highest BCUT2D eigenvalue weighted by Crippen LogP contribution is 2.31. The molecule has 1 aliphatic heterocycles. The van der Waals surface area contributed by atoms with Crippen LogP contribution in [0.5, 0.6) is 0 Å². The quantitative estimate of drug-likeness (QED) is 0.581. The Labute approximate surface area is 162 Å². The van der Waals surface area contributed by atoms with Gasteiger partial charge in [-0.05, 0) is 42.3 Å². The zero-order valence-corrected chi connectivity index (χ0v) is 16.3. The van der Waals surface area contributed by atoms with E-state index in [1.54, 1.807) is 6.07 Å². The SMILES string of the molecule is CN(C)S(=O)(=O)c1ccc(NC(=O)CN2CCc3cc([N+](=O)[O-])ccc32)cc1. The first-order valence-corrected chi connectivity index (χ1v) is 9.97. The van der Waals surface area contributed by atoms with E-state index in [1.807, 2.05) is 4.90 Å². The maximum Gasteiger partial charge on any atom is 0.269 e.